The van der Waals surface area contributed by atoms with Gasteiger partial charge < -0.3 is 14.7 Å². The van der Waals surface area contributed by atoms with Crippen LogP contribution in [0.4, 0.5) is 5.69 Å². The topological polar surface area (TPSA) is 43.9 Å². The summed E-state index contributed by atoms with van der Waals surface area (Å²) in [6.07, 6.45) is 4.86. The molecule has 0 N–H and O–H groups in total. The van der Waals surface area contributed by atoms with Gasteiger partial charge in [-0.1, -0.05) is 78.4 Å². The van der Waals surface area contributed by atoms with E-state index in [9.17, 15) is 9.59 Å². The first kappa shape index (κ1) is 27.1. The number of amides is 2. The lowest BCUT2D eigenvalue weighted by atomic mass is 9.90. The number of nitrogens with zero attached hydrogens (tertiary/aromatic N) is 3. The van der Waals surface area contributed by atoms with Crippen LogP contribution in [0.15, 0.2) is 84.9 Å². The zero-order valence-electron chi connectivity index (χ0n) is 23.2. The van der Waals surface area contributed by atoms with Crippen molar-refractivity contribution in [2.45, 2.75) is 45.6 Å². The second-order valence-electron chi connectivity index (χ2n) is 11.3. The molecule has 2 aliphatic rings. The van der Waals surface area contributed by atoms with Gasteiger partial charge in [-0.05, 0) is 81.4 Å². The fourth-order valence-electron chi connectivity index (χ4n) is 6.01. The Labute approximate surface area is 233 Å². The predicted molar refractivity (Wildman–Crippen MR) is 157 cm³/mol. The highest BCUT2D eigenvalue weighted by Crippen LogP contribution is 2.26. The van der Waals surface area contributed by atoms with E-state index in [-0.39, 0.29) is 17.7 Å². The molecule has 3 aromatic carbocycles. The minimum atomic E-state index is -0.295. The molecule has 0 aliphatic carbocycles. The van der Waals surface area contributed by atoms with E-state index in [2.05, 4.69) is 66.4 Å². The smallest absolute Gasteiger partial charge is 0.232 e. The van der Waals surface area contributed by atoms with Crippen LogP contribution in [0.3, 0.4) is 0 Å². The summed E-state index contributed by atoms with van der Waals surface area (Å²) in [7, 11) is 0. The Morgan fingerprint density at radius 2 is 1.54 bits per heavy atom. The lowest BCUT2D eigenvalue weighted by Gasteiger charge is -2.33. The van der Waals surface area contributed by atoms with E-state index in [4.69, 9.17) is 0 Å². The maximum atomic E-state index is 13.8. The summed E-state index contributed by atoms with van der Waals surface area (Å²) in [4.78, 5) is 32.9. The van der Waals surface area contributed by atoms with Crippen molar-refractivity contribution in [3.63, 3.8) is 0 Å². The number of likely N-dealkylation sites (tertiary alicyclic amines) is 2. The van der Waals surface area contributed by atoms with Gasteiger partial charge in [-0.3, -0.25) is 9.59 Å². The van der Waals surface area contributed by atoms with Crippen LogP contribution in [0.25, 0.3) is 0 Å². The molecule has 2 heterocycles. The lowest BCUT2D eigenvalue weighted by molar-refractivity contribution is -0.128. The summed E-state index contributed by atoms with van der Waals surface area (Å²) in [6.45, 7) is 7.04. The largest absolute Gasteiger partial charge is 0.338 e. The van der Waals surface area contributed by atoms with Gasteiger partial charge in [0.25, 0.3) is 0 Å². The van der Waals surface area contributed by atoms with E-state index in [0.29, 0.717) is 26.1 Å². The normalized spacial score (nSPS) is 18.4. The first-order valence-corrected chi connectivity index (χ1v) is 14.5. The Balaban J connectivity index is 1.14. The highest BCUT2D eigenvalue weighted by Gasteiger charge is 2.37. The summed E-state index contributed by atoms with van der Waals surface area (Å²) in [5.41, 5.74) is 4.67. The molecule has 0 aromatic heterocycles. The summed E-state index contributed by atoms with van der Waals surface area (Å²) in [6, 6.07) is 29.1. The van der Waals surface area contributed by atoms with Gasteiger partial charge in [-0.2, -0.15) is 0 Å². The van der Waals surface area contributed by atoms with E-state index in [1.54, 1.807) is 0 Å². The van der Waals surface area contributed by atoms with Crippen LogP contribution >= 0.6 is 0 Å². The Morgan fingerprint density at radius 1 is 0.872 bits per heavy atom. The van der Waals surface area contributed by atoms with Crippen molar-refractivity contribution < 1.29 is 9.59 Å². The molecule has 2 fully saturated rings. The van der Waals surface area contributed by atoms with Gasteiger partial charge in [0.2, 0.25) is 11.8 Å². The molecule has 0 bridgehead atoms. The van der Waals surface area contributed by atoms with E-state index in [0.717, 1.165) is 43.2 Å². The van der Waals surface area contributed by atoms with Gasteiger partial charge in [0.15, 0.2) is 0 Å². The minimum Gasteiger partial charge on any atom is -0.338 e. The van der Waals surface area contributed by atoms with E-state index < -0.39 is 0 Å². The van der Waals surface area contributed by atoms with Crippen molar-refractivity contribution in [1.29, 1.82) is 0 Å². The standard InChI is InChI=1S/C34H41N3O2/c1-27-13-15-30(16-14-27)25-36-26-31(24-33(36)38)34(39)37(32-11-6-3-7-12-32)20-8-19-35-21-17-29(18-22-35)23-28-9-4-2-5-10-28/h2-7,9-16,29,31H,8,17-26H2,1H3. The van der Waals surface area contributed by atoms with Crippen molar-refractivity contribution in [1.82, 2.24) is 9.80 Å². The number of hydrogen-bond donors (Lipinski definition) is 0. The summed E-state index contributed by atoms with van der Waals surface area (Å²) < 4.78 is 0. The Hall–Kier alpha value is -3.44. The van der Waals surface area contributed by atoms with Gasteiger partial charge in [0.1, 0.15) is 0 Å². The zero-order valence-corrected chi connectivity index (χ0v) is 23.2. The number of piperidine rings is 1. The molecule has 0 saturated carbocycles. The van der Waals surface area contributed by atoms with Gasteiger partial charge >= 0.3 is 0 Å². The molecule has 3 aromatic rings. The number of anilines is 1. The summed E-state index contributed by atoms with van der Waals surface area (Å²) in [5.74, 6) is 0.605. The van der Waals surface area contributed by atoms with Crippen molar-refractivity contribution in [2.75, 3.05) is 37.6 Å². The van der Waals surface area contributed by atoms with Crippen LogP contribution in [0.5, 0.6) is 0 Å². The van der Waals surface area contributed by atoms with Crippen LogP contribution in [-0.4, -0.2) is 54.3 Å². The van der Waals surface area contributed by atoms with Crippen LogP contribution < -0.4 is 4.90 Å². The average molecular weight is 524 g/mol. The quantitative estimate of drug-likeness (QED) is 0.341. The van der Waals surface area contributed by atoms with E-state index in [1.165, 1.54) is 30.4 Å². The highest BCUT2D eigenvalue weighted by molar-refractivity contribution is 5.99. The Kier molecular flexibility index (Phi) is 9.10. The molecule has 2 aliphatic heterocycles. The van der Waals surface area contributed by atoms with Crippen LogP contribution in [0.1, 0.15) is 42.4 Å². The number of rotatable bonds is 10. The van der Waals surface area contributed by atoms with Crippen LogP contribution in [0.2, 0.25) is 0 Å². The van der Waals surface area contributed by atoms with Crippen molar-refractivity contribution in [3.05, 3.63) is 102 Å². The molecule has 5 heteroatoms. The van der Waals surface area contributed by atoms with Crippen molar-refractivity contribution in [3.8, 4) is 0 Å². The monoisotopic (exact) mass is 523 g/mol. The fraction of sp³-hybridized carbons (Fsp3) is 0.412. The molecule has 39 heavy (non-hydrogen) atoms. The van der Waals surface area contributed by atoms with E-state index >= 15 is 0 Å². The van der Waals surface area contributed by atoms with E-state index in [1.807, 2.05) is 40.1 Å². The number of carbonyl (C=O) groups excluding carboxylic acids is 2. The maximum absolute atomic E-state index is 13.8. The predicted octanol–water partition coefficient (Wildman–Crippen LogP) is 5.72. The summed E-state index contributed by atoms with van der Waals surface area (Å²) >= 11 is 0. The third-order valence-electron chi connectivity index (χ3n) is 8.32. The SMILES string of the molecule is Cc1ccc(CN2CC(C(=O)N(CCCN3CCC(Cc4ccccc4)CC3)c3ccccc3)CC2=O)cc1. The fourth-order valence-corrected chi connectivity index (χ4v) is 6.01. The third-order valence-corrected chi connectivity index (χ3v) is 8.32. The van der Waals surface area contributed by atoms with Crippen LogP contribution in [0, 0.1) is 18.8 Å². The first-order valence-electron chi connectivity index (χ1n) is 14.5. The number of aryl methyl sites for hydroxylation is 1. The molecule has 0 radical (unpaired) electrons. The zero-order chi connectivity index (χ0) is 27.0. The number of para-hydroxylation sites is 1. The second kappa shape index (κ2) is 13.1. The molecule has 5 rings (SSSR count). The molecule has 2 saturated heterocycles. The minimum absolute atomic E-state index is 0.0697. The average Bonchev–Trinajstić information content (AvgIpc) is 3.34. The van der Waals surface area contributed by atoms with Crippen molar-refractivity contribution >= 4 is 17.5 Å². The highest BCUT2D eigenvalue weighted by atomic mass is 16.2. The van der Waals surface area contributed by atoms with Crippen molar-refractivity contribution in [2.24, 2.45) is 11.8 Å². The third kappa shape index (κ3) is 7.36. The molecular formula is C34H41N3O2. The lowest BCUT2D eigenvalue weighted by Crippen LogP contribution is -2.40. The second-order valence-corrected chi connectivity index (χ2v) is 11.3. The number of benzene rings is 3. The van der Waals surface area contributed by atoms with Gasteiger partial charge in [0.05, 0.1) is 5.92 Å². The number of carbonyl (C=O) groups is 2. The summed E-state index contributed by atoms with van der Waals surface area (Å²) in [5, 5.41) is 0. The van der Waals surface area contributed by atoms with Gasteiger partial charge in [-0.15, -0.1) is 0 Å². The Morgan fingerprint density at radius 3 is 2.23 bits per heavy atom. The van der Waals surface area contributed by atoms with Crippen LogP contribution in [-0.2, 0) is 22.6 Å². The molecular weight excluding hydrogens is 482 g/mol. The number of hydrogen-bond acceptors (Lipinski definition) is 3. The maximum Gasteiger partial charge on any atom is 0.232 e. The Bertz CT molecular complexity index is 1200. The molecule has 204 valence electrons. The first-order chi connectivity index (χ1) is 19.0. The molecule has 1 atom stereocenters. The molecule has 0 spiro atoms. The van der Waals surface area contributed by atoms with Gasteiger partial charge in [0, 0.05) is 31.7 Å². The van der Waals surface area contributed by atoms with Gasteiger partial charge in [-0.25, -0.2) is 0 Å². The molecule has 1 unspecified atom stereocenters. The molecule has 5 nitrogen and oxygen atoms in total. The molecule has 2 amide bonds.